The van der Waals surface area contributed by atoms with Crippen molar-refractivity contribution in [3.8, 4) is 5.75 Å². The standard InChI is InChI=1S/C13H10BrFN2O2/c14-7-8(15)11-10(6-3-4-19-12(6)7)16-9(5-1-2-5)13(18)17-11/h5H,1-4H2,(H,17,18). The van der Waals surface area contributed by atoms with E-state index in [9.17, 15) is 9.18 Å². The lowest BCUT2D eigenvalue weighted by Crippen LogP contribution is -2.15. The van der Waals surface area contributed by atoms with E-state index in [1.54, 1.807) is 0 Å². The number of benzene rings is 1. The van der Waals surface area contributed by atoms with E-state index in [2.05, 4.69) is 25.9 Å². The fourth-order valence-corrected chi connectivity index (χ4v) is 3.11. The molecule has 0 spiro atoms. The van der Waals surface area contributed by atoms with Crippen LogP contribution in [0.25, 0.3) is 11.0 Å². The molecule has 0 saturated heterocycles. The number of halogens is 2. The maximum Gasteiger partial charge on any atom is 0.270 e. The molecule has 4 rings (SSSR count). The minimum Gasteiger partial charge on any atom is -0.492 e. The van der Waals surface area contributed by atoms with Gasteiger partial charge in [-0.2, -0.15) is 0 Å². The predicted molar refractivity (Wildman–Crippen MR) is 71.2 cm³/mol. The summed E-state index contributed by atoms with van der Waals surface area (Å²) in [6.07, 6.45) is 2.66. The Hall–Kier alpha value is -1.43. The Morgan fingerprint density at radius 1 is 1.42 bits per heavy atom. The summed E-state index contributed by atoms with van der Waals surface area (Å²) in [5.41, 5.74) is 1.84. The van der Waals surface area contributed by atoms with E-state index in [0.717, 1.165) is 18.4 Å². The van der Waals surface area contributed by atoms with Gasteiger partial charge in [0.15, 0.2) is 5.82 Å². The van der Waals surface area contributed by atoms with Gasteiger partial charge in [-0.05, 0) is 28.8 Å². The average molecular weight is 325 g/mol. The van der Waals surface area contributed by atoms with Gasteiger partial charge in [0.05, 0.1) is 16.6 Å². The molecule has 2 aromatic rings. The molecule has 1 fully saturated rings. The molecule has 6 heteroatoms. The monoisotopic (exact) mass is 324 g/mol. The SMILES string of the molecule is O=c1[nH]c2c(F)c(Br)c3c(c2nc1C1CC1)CCO3. The highest BCUT2D eigenvalue weighted by molar-refractivity contribution is 9.10. The molecule has 1 N–H and O–H groups in total. The summed E-state index contributed by atoms with van der Waals surface area (Å²) in [5, 5.41) is 0. The second-order valence-electron chi connectivity index (χ2n) is 4.98. The van der Waals surface area contributed by atoms with Crippen molar-refractivity contribution in [2.75, 3.05) is 6.61 Å². The summed E-state index contributed by atoms with van der Waals surface area (Å²) in [6, 6.07) is 0. The van der Waals surface area contributed by atoms with E-state index in [1.165, 1.54) is 0 Å². The fourth-order valence-electron chi connectivity index (χ4n) is 2.56. The highest BCUT2D eigenvalue weighted by Gasteiger charge is 2.31. The minimum absolute atomic E-state index is 0.172. The van der Waals surface area contributed by atoms with Crippen molar-refractivity contribution in [1.29, 1.82) is 0 Å². The first kappa shape index (κ1) is 11.4. The zero-order chi connectivity index (χ0) is 13.1. The first-order valence-corrected chi connectivity index (χ1v) is 7.02. The molecule has 1 aromatic heterocycles. The summed E-state index contributed by atoms with van der Waals surface area (Å²) < 4.78 is 20.0. The Labute approximate surface area is 116 Å². The van der Waals surface area contributed by atoms with Crippen molar-refractivity contribution in [1.82, 2.24) is 9.97 Å². The number of rotatable bonds is 1. The third-order valence-corrected chi connectivity index (χ3v) is 4.38. The van der Waals surface area contributed by atoms with Crippen LogP contribution in [0.5, 0.6) is 5.75 Å². The van der Waals surface area contributed by atoms with Gasteiger partial charge in [0.1, 0.15) is 17.0 Å². The summed E-state index contributed by atoms with van der Waals surface area (Å²) in [5.74, 6) is 0.242. The Morgan fingerprint density at radius 2 is 2.21 bits per heavy atom. The van der Waals surface area contributed by atoms with Gasteiger partial charge in [-0.15, -0.1) is 0 Å². The zero-order valence-electron chi connectivity index (χ0n) is 9.93. The number of fused-ring (bicyclic) bond motifs is 3. The maximum absolute atomic E-state index is 14.2. The van der Waals surface area contributed by atoms with Gasteiger partial charge in [0.2, 0.25) is 0 Å². The highest BCUT2D eigenvalue weighted by Crippen LogP contribution is 2.42. The molecule has 98 valence electrons. The van der Waals surface area contributed by atoms with E-state index < -0.39 is 5.82 Å². The molecule has 2 aliphatic rings. The first-order chi connectivity index (χ1) is 9.16. The Balaban J connectivity index is 2.13. The minimum atomic E-state index is -0.511. The van der Waals surface area contributed by atoms with Crippen LogP contribution in [0.3, 0.4) is 0 Å². The highest BCUT2D eigenvalue weighted by atomic mass is 79.9. The van der Waals surface area contributed by atoms with Gasteiger partial charge < -0.3 is 9.72 Å². The van der Waals surface area contributed by atoms with E-state index in [-0.39, 0.29) is 21.5 Å². The lowest BCUT2D eigenvalue weighted by Gasteiger charge is -2.09. The zero-order valence-corrected chi connectivity index (χ0v) is 11.5. The van der Waals surface area contributed by atoms with Crippen molar-refractivity contribution in [3.63, 3.8) is 0 Å². The van der Waals surface area contributed by atoms with Crippen molar-refractivity contribution in [3.05, 3.63) is 31.9 Å². The van der Waals surface area contributed by atoms with Gasteiger partial charge in [-0.1, -0.05) is 0 Å². The number of ether oxygens (including phenoxy) is 1. The lowest BCUT2D eigenvalue weighted by molar-refractivity contribution is 0.353. The molecule has 4 nitrogen and oxygen atoms in total. The van der Waals surface area contributed by atoms with E-state index in [1.807, 2.05) is 0 Å². The van der Waals surface area contributed by atoms with Crippen molar-refractivity contribution in [2.24, 2.45) is 0 Å². The van der Waals surface area contributed by atoms with E-state index in [4.69, 9.17) is 4.74 Å². The Kier molecular flexibility index (Phi) is 2.27. The first-order valence-electron chi connectivity index (χ1n) is 6.23. The molecular weight excluding hydrogens is 315 g/mol. The topological polar surface area (TPSA) is 55.0 Å². The third-order valence-electron chi connectivity index (χ3n) is 3.67. The van der Waals surface area contributed by atoms with Crippen LogP contribution in [0.1, 0.15) is 30.0 Å². The molecule has 0 atom stereocenters. The van der Waals surface area contributed by atoms with Crippen LogP contribution in [0, 0.1) is 5.82 Å². The van der Waals surface area contributed by atoms with Crippen LogP contribution in [0.15, 0.2) is 9.27 Å². The van der Waals surface area contributed by atoms with Gasteiger partial charge in [0.25, 0.3) is 5.56 Å². The summed E-state index contributed by atoms with van der Waals surface area (Å²) in [4.78, 5) is 19.0. The van der Waals surface area contributed by atoms with Gasteiger partial charge in [0, 0.05) is 17.9 Å². The number of H-pyrrole nitrogens is 1. The molecule has 0 unspecified atom stereocenters. The Morgan fingerprint density at radius 3 is 2.95 bits per heavy atom. The molecular formula is C13H10BrFN2O2. The number of nitrogens with zero attached hydrogens (tertiary/aromatic N) is 1. The molecule has 2 heterocycles. The second-order valence-corrected chi connectivity index (χ2v) is 5.78. The van der Waals surface area contributed by atoms with Crippen LogP contribution in [0.2, 0.25) is 0 Å². The molecule has 0 radical (unpaired) electrons. The van der Waals surface area contributed by atoms with Crippen LogP contribution >= 0.6 is 15.9 Å². The second kappa shape index (κ2) is 3.79. The number of hydrogen-bond acceptors (Lipinski definition) is 3. The Bertz CT molecular complexity index is 768. The molecule has 1 aromatic carbocycles. The van der Waals surface area contributed by atoms with E-state index in [0.29, 0.717) is 30.0 Å². The number of hydrogen-bond donors (Lipinski definition) is 1. The van der Waals surface area contributed by atoms with Gasteiger partial charge in [-0.3, -0.25) is 4.79 Å². The maximum atomic E-state index is 14.2. The van der Waals surface area contributed by atoms with Crippen molar-refractivity contribution >= 4 is 27.0 Å². The third kappa shape index (κ3) is 1.55. The summed E-state index contributed by atoms with van der Waals surface area (Å²) >= 11 is 3.19. The molecule has 0 amide bonds. The average Bonchev–Trinajstić information content (AvgIpc) is 3.12. The van der Waals surface area contributed by atoms with Crippen LogP contribution < -0.4 is 10.3 Å². The predicted octanol–water partition coefficient (Wildman–Crippen LogP) is 2.64. The van der Waals surface area contributed by atoms with Crippen molar-refractivity contribution < 1.29 is 9.13 Å². The van der Waals surface area contributed by atoms with Crippen molar-refractivity contribution in [2.45, 2.75) is 25.2 Å². The van der Waals surface area contributed by atoms with Crippen LogP contribution in [0.4, 0.5) is 4.39 Å². The van der Waals surface area contributed by atoms with E-state index >= 15 is 0 Å². The number of nitrogens with one attached hydrogen (secondary N) is 1. The summed E-state index contributed by atoms with van der Waals surface area (Å²) in [6.45, 7) is 0.520. The largest absolute Gasteiger partial charge is 0.492 e. The van der Waals surface area contributed by atoms with Gasteiger partial charge >= 0.3 is 0 Å². The molecule has 19 heavy (non-hydrogen) atoms. The van der Waals surface area contributed by atoms with Gasteiger partial charge in [-0.25, -0.2) is 9.37 Å². The van der Waals surface area contributed by atoms with Crippen LogP contribution in [-0.2, 0) is 6.42 Å². The smallest absolute Gasteiger partial charge is 0.270 e. The number of aromatic amines is 1. The molecule has 1 aliphatic heterocycles. The summed E-state index contributed by atoms with van der Waals surface area (Å²) in [7, 11) is 0. The lowest BCUT2D eigenvalue weighted by atomic mass is 10.1. The number of aromatic nitrogens is 2. The fraction of sp³-hybridized carbons (Fsp3) is 0.385. The quantitative estimate of drug-likeness (QED) is 0.877. The molecule has 1 saturated carbocycles. The van der Waals surface area contributed by atoms with Crippen LogP contribution in [-0.4, -0.2) is 16.6 Å². The normalized spacial score (nSPS) is 17.6. The molecule has 1 aliphatic carbocycles. The molecule has 0 bridgehead atoms.